The van der Waals surface area contributed by atoms with Gasteiger partial charge >= 0.3 is 0 Å². The summed E-state index contributed by atoms with van der Waals surface area (Å²) in [5.74, 6) is 2.21. The van der Waals surface area contributed by atoms with Gasteiger partial charge < -0.3 is 5.73 Å². The number of nitrogen functional groups attached to an aromatic ring is 1. The fourth-order valence-electron chi connectivity index (χ4n) is 1.17. The smallest absolute Gasteiger partial charge is 0.241 e. The molecular weight excluding hydrogens is 292 g/mol. The highest BCUT2D eigenvalue weighted by Gasteiger charge is 2.18. The molecule has 0 heterocycles. The molecular formula is C10H11BrN2O2S. The van der Waals surface area contributed by atoms with Gasteiger partial charge in [-0.1, -0.05) is 21.9 Å². The van der Waals surface area contributed by atoms with Crippen LogP contribution in [0.1, 0.15) is 5.56 Å². The minimum absolute atomic E-state index is 0.0474. The number of benzene rings is 1. The van der Waals surface area contributed by atoms with Crippen LogP contribution in [0.15, 0.2) is 21.5 Å². The molecule has 0 aliphatic carbocycles. The average Bonchev–Trinajstić information content (AvgIpc) is 2.20. The summed E-state index contributed by atoms with van der Waals surface area (Å²) in [6.07, 6.45) is 5.00. The van der Waals surface area contributed by atoms with Crippen molar-refractivity contribution in [2.45, 2.75) is 11.8 Å². The third-order valence-electron chi connectivity index (χ3n) is 2.02. The zero-order valence-corrected chi connectivity index (χ0v) is 11.0. The molecule has 1 rings (SSSR count). The van der Waals surface area contributed by atoms with Crippen LogP contribution in [0.3, 0.4) is 0 Å². The van der Waals surface area contributed by atoms with Gasteiger partial charge in [-0.25, -0.2) is 8.42 Å². The van der Waals surface area contributed by atoms with E-state index in [9.17, 15) is 8.42 Å². The minimum atomic E-state index is -3.60. The summed E-state index contributed by atoms with van der Waals surface area (Å²) >= 11 is 3.20. The SMILES string of the molecule is C#CCNS(=O)(=O)c1cc(Br)cc(N)c1C. The number of nitrogens with one attached hydrogen (secondary N) is 1. The van der Waals surface area contributed by atoms with Gasteiger partial charge in [0, 0.05) is 10.2 Å². The van der Waals surface area contributed by atoms with Crippen LogP contribution in [-0.2, 0) is 10.0 Å². The second kappa shape index (κ2) is 4.87. The number of anilines is 1. The van der Waals surface area contributed by atoms with Crippen molar-refractivity contribution < 1.29 is 8.42 Å². The van der Waals surface area contributed by atoms with Crippen LogP contribution < -0.4 is 10.5 Å². The fraction of sp³-hybridized carbons (Fsp3) is 0.200. The van der Waals surface area contributed by atoms with E-state index in [1.165, 1.54) is 6.07 Å². The molecule has 0 saturated carbocycles. The topological polar surface area (TPSA) is 72.2 Å². The van der Waals surface area contributed by atoms with Crippen LogP contribution in [0.5, 0.6) is 0 Å². The summed E-state index contributed by atoms with van der Waals surface area (Å²) in [6, 6.07) is 3.14. The highest BCUT2D eigenvalue weighted by Crippen LogP contribution is 2.25. The number of hydrogen-bond donors (Lipinski definition) is 2. The first-order valence-corrected chi connectivity index (χ1v) is 6.65. The Labute approximate surface area is 103 Å². The van der Waals surface area contributed by atoms with Crippen molar-refractivity contribution in [1.82, 2.24) is 4.72 Å². The Bertz CT molecular complexity index is 547. The van der Waals surface area contributed by atoms with Crippen LogP contribution in [0, 0.1) is 19.3 Å². The highest BCUT2D eigenvalue weighted by molar-refractivity contribution is 9.10. The Hall–Kier alpha value is -1.03. The molecule has 1 aromatic rings. The first-order chi connectivity index (χ1) is 7.38. The predicted molar refractivity (Wildman–Crippen MR) is 67.3 cm³/mol. The molecule has 0 radical (unpaired) electrons. The molecule has 16 heavy (non-hydrogen) atoms. The molecule has 3 N–H and O–H groups in total. The molecule has 0 saturated heterocycles. The van der Waals surface area contributed by atoms with Gasteiger partial charge in [0.05, 0.1) is 11.4 Å². The van der Waals surface area contributed by atoms with Crippen molar-refractivity contribution in [1.29, 1.82) is 0 Å². The highest BCUT2D eigenvalue weighted by atomic mass is 79.9. The van der Waals surface area contributed by atoms with Crippen molar-refractivity contribution in [2.24, 2.45) is 0 Å². The molecule has 0 aromatic heterocycles. The second-order valence-corrected chi connectivity index (χ2v) is 5.80. The van der Waals surface area contributed by atoms with E-state index in [-0.39, 0.29) is 11.4 Å². The van der Waals surface area contributed by atoms with Crippen LogP contribution in [-0.4, -0.2) is 15.0 Å². The lowest BCUT2D eigenvalue weighted by Gasteiger charge is -2.10. The molecule has 6 heteroatoms. The first-order valence-electron chi connectivity index (χ1n) is 4.37. The van der Waals surface area contributed by atoms with Crippen molar-refractivity contribution in [2.75, 3.05) is 12.3 Å². The van der Waals surface area contributed by atoms with Gasteiger partial charge in [-0.05, 0) is 24.6 Å². The van der Waals surface area contributed by atoms with E-state index in [4.69, 9.17) is 12.2 Å². The third-order valence-corrected chi connectivity index (χ3v) is 4.00. The van der Waals surface area contributed by atoms with Crippen LogP contribution in [0.2, 0.25) is 0 Å². The molecule has 0 atom stereocenters. The van der Waals surface area contributed by atoms with E-state index in [2.05, 4.69) is 26.6 Å². The number of halogens is 1. The van der Waals surface area contributed by atoms with E-state index in [1.807, 2.05) is 0 Å². The van der Waals surface area contributed by atoms with Gasteiger partial charge in [-0.15, -0.1) is 6.42 Å². The fourth-order valence-corrected chi connectivity index (χ4v) is 3.03. The lowest BCUT2D eigenvalue weighted by atomic mass is 10.2. The molecule has 0 aliphatic heterocycles. The van der Waals surface area contributed by atoms with Crippen LogP contribution in [0.25, 0.3) is 0 Å². The van der Waals surface area contributed by atoms with Crippen LogP contribution in [0.4, 0.5) is 5.69 Å². The van der Waals surface area contributed by atoms with Crippen molar-refractivity contribution in [3.8, 4) is 12.3 Å². The molecule has 0 aliphatic rings. The Kier molecular flexibility index (Phi) is 3.97. The van der Waals surface area contributed by atoms with E-state index in [0.717, 1.165) is 0 Å². The summed E-state index contributed by atoms with van der Waals surface area (Å²) in [4.78, 5) is 0.134. The molecule has 4 nitrogen and oxygen atoms in total. The lowest BCUT2D eigenvalue weighted by Crippen LogP contribution is -2.25. The Morgan fingerprint density at radius 3 is 2.75 bits per heavy atom. The lowest BCUT2D eigenvalue weighted by molar-refractivity contribution is 0.585. The van der Waals surface area contributed by atoms with Crippen molar-refractivity contribution in [3.63, 3.8) is 0 Å². The van der Waals surface area contributed by atoms with Gasteiger partial charge in [-0.3, -0.25) is 0 Å². The minimum Gasteiger partial charge on any atom is -0.398 e. The third kappa shape index (κ3) is 2.76. The standard InChI is InChI=1S/C10H11BrN2O2S/c1-3-4-13-16(14,15)10-6-8(11)5-9(12)7(10)2/h1,5-6,13H,4,12H2,2H3. The number of nitrogens with two attached hydrogens (primary N) is 1. The van der Waals surface area contributed by atoms with Gasteiger partial charge in [0.1, 0.15) is 0 Å². The maximum absolute atomic E-state index is 11.8. The molecule has 0 unspecified atom stereocenters. The first kappa shape index (κ1) is 13.0. The van der Waals surface area contributed by atoms with E-state index >= 15 is 0 Å². The quantitative estimate of drug-likeness (QED) is 0.652. The second-order valence-electron chi connectivity index (χ2n) is 3.15. The van der Waals surface area contributed by atoms with E-state index in [1.54, 1.807) is 13.0 Å². The summed E-state index contributed by atoms with van der Waals surface area (Å²) < 4.78 is 26.6. The monoisotopic (exact) mass is 302 g/mol. The summed E-state index contributed by atoms with van der Waals surface area (Å²) in [5, 5.41) is 0. The Balaban J connectivity index is 3.29. The Morgan fingerprint density at radius 1 is 1.56 bits per heavy atom. The number of sulfonamides is 1. The van der Waals surface area contributed by atoms with E-state index < -0.39 is 10.0 Å². The molecule has 0 fully saturated rings. The number of hydrogen-bond acceptors (Lipinski definition) is 3. The summed E-state index contributed by atoms with van der Waals surface area (Å²) in [7, 11) is -3.60. The largest absolute Gasteiger partial charge is 0.398 e. The van der Waals surface area contributed by atoms with Crippen molar-refractivity contribution >= 4 is 31.6 Å². The average molecular weight is 303 g/mol. The van der Waals surface area contributed by atoms with Gasteiger partial charge in [0.25, 0.3) is 0 Å². The predicted octanol–water partition coefficient (Wildman–Crippen LogP) is 1.25. The zero-order chi connectivity index (χ0) is 12.3. The van der Waals surface area contributed by atoms with Crippen LogP contribution >= 0.6 is 15.9 Å². The molecule has 0 amide bonds. The van der Waals surface area contributed by atoms with E-state index in [0.29, 0.717) is 15.7 Å². The van der Waals surface area contributed by atoms with Gasteiger partial charge in [-0.2, -0.15) is 4.72 Å². The maximum Gasteiger partial charge on any atom is 0.241 e. The summed E-state index contributed by atoms with van der Waals surface area (Å²) in [5.41, 5.74) is 6.60. The maximum atomic E-state index is 11.8. The summed E-state index contributed by atoms with van der Waals surface area (Å²) in [6.45, 7) is 1.60. The molecule has 0 bridgehead atoms. The van der Waals surface area contributed by atoms with Crippen molar-refractivity contribution in [3.05, 3.63) is 22.2 Å². The van der Waals surface area contributed by atoms with Gasteiger partial charge in [0.2, 0.25) is 10.0 Å². The molecule has 86 valence electrons. The Morgan fingerprint density at radius 2 is 2.19 bits per heavy atom. The number of rotatable bonds is 3. The number of terminal acetylenes is 1. The zero-order valence-electron chi connectivity index (χ0n) is 8.62. The molecule has 0 spiro atoms. The normalized spacial score (nSPS) is 11.1. The van der Waals surface area contributed by atoms with Gasteiger partial charge in [0.15, 0.2) is 0 Å². The molecule has 1 aromatic carbocycles.